The molecule has 0 aromatic carbocycles. The molecular formula is C17H20N6O10S2. The average Bonchev–Trinajstić information content (AvgIpc) is 3.17. The van der Waals surface area contributed by atoms with E-state index in [0.717, 1.165) is 23.8 Å². The number of anilines is 1. The van der Waals surface area contributed by atoms with E-state index in [1.54, 1.807) is 0 Å². The van der Waals surface area contributed by atoms with Gasteiger partial charge in [0, 0.05) is 24.0 Å². The van der Waals surface area contributed by atoms with Crippen LogP contribution < -0.4 is 11.2 Å². The number of nitrogens with two attached hydrogens (primary N) is 1. The van der Waals surface area contributed by atoms with Gasteiger partial charge in [0.05, 0.1) is 17.7 Å². The summed E-state index contributed by atoms with van der Waals surface area (Å²) in [6.45, 7) is 4.21. The number of oxime groups is 1. The van der Waals surface area contributed by atoms with Gasteiger partial charge in [0.25, 0.3) is 5.91 Å². The summed E-state index contributed by atoms with van der Waals surface area (Å²) in [7, 11) is -4.97. The SMILES string of the molecule is C[C@H](O/N=C(\C(=O)C[C@@H]1C(=O)N(OS(=O)(=O)O)C1(C)C)c1nsc(N)n1)c1cc(=O)c(O)cn1O. The molecule has 0 aliphatic carbocycles. The van der Waals surface area contributed by atoms with Crippen LogP contribution in [0.3, 0.4) is 0 Å². The highest BCUT2D eigenvalue weighted by atomic mass is 32.3. The molecule has 1 fully saturated rings. The van der Waals surface area contributed by atoms with E-state index >= 15 is 0 Å². The van der Waals surface area contributed by atoms with Crippen molar-refractivity contribution >= 4 is 44.5 Å². The largest absolute Gasteiger partial charge is 0.503 e. The molecule has 2 atom stereocenters. The highest BCUT2D eigenvalue weighted by Gasteiger charge is 2.57. The van der Waals surface area contributed by atoms with E-state index in [-0.39, 0.29) is 16.6 Å². The van der Waals surface area contributed by atoms with E-state index in [2.05, 4.69) is 18.8 Å². The van der Waals surface area contributed by atoms with Gasteiger partial charge >= 0.3 is 10.4 Å². The monoisotopic (exact) mass is 532 g/mol. The Balaban J connectivity index is 1.85. The number of hydrogen-bond acceptors (Lipinski definition) is 14. The summed E-state index contributed by atoms with van der Waals surface area (Å²) < 4.78 is 39.4. The normalized spacial score (nSPS) is 18.7. The number of rotatable bonds is 9. The highest BCUT2D eigenvalue weighted by molar-refractivity contribution is 7.80. The number of carbonyl (C=O) groups is 2. The summed E-state index contributed by atoms with van der Waals surface area (Å²) >= 11 is 0.758. The molecule has 18 heteroatoms. The molecule has 35 heavy (non-hydrogen) atoms. The second kappa shape index (κ2) is 9.21. The smallest absolute Gasteiger partial charge is 0.418 e. The number of ketones is 1. The van der Waals surface area contributed by atoms with Gasteiger partial charge in [-0.1, -0.05) is 5.16 Å². The first-order valence-corrected chi connectivity index (χ1v) is 11.8. The van der Waals surface area contributed by atoms with Crippen LogP contribution in [0.4, 0.5) is 5.13 Å². The minimum Gasteiger partial charge on any atom is -0.503 e. The van der Waals surface area contributed by atoms with E-state index in [1.807, 2.05) is 0 Å². The van der Waals surface area contributed by atoms with Crippen LogP contribution in [0.15, 0.2) is 22.2 Å². The van der Waals surface area contributed by atoms with Crippen molar-refractivity contribution in [1.29, 1.82) is 0 Å². The van der Waals surface area contributed by atoms with Gasteiger partial charge in [-0.3, -0.25) is 18.9 Å². The van der Waals surface area contributed by atoms with Crippen molar-refractivity contribution in [2.75, 3.05) is 5.73 Å². The van der Waals surface area contributed by atoms with Crippen LogP contribution >= 0.6 is 11.5 Å². The minimum atomic E-state index is -4.97. The third-order valence-electron chi connectivity index (χ3n) is 5.11. The molecule has 190 valence electrons. The Morgan fingerprint density at radius 3 is 2.60 bits per heavy atom. The third-order valence-corrected chi connectivity index (χ3v) is 5.99. The molecule has 5 N–H and O–H groups in total. The van der Waals surface area contributed by atoms with Gasteiger partial charge in [0.15, 0.2) is 28.5 Å². The van der Waals surface area contributed by atoms with E-state index < -0.39 is 63.0 Å². The second-order valence-corrected chi connectivity index (χ2v) is 9.69. The number of Topliss-reactive ketones (excluding diaryl/α,β-unsaturated/α-hetero) is 1. The molecular weight excluding hydrogens is 512 g/mol. The zero-order chi connectivity index (χ0) is 26.3. The number of aromatic nitrogens is 3. The van der Waals surface area contributed by atoms with Gasteiger partial charge < -0.3 is 20.9 Å². The summed E-state index contributed by atoms with van der Waals surface area (Å²) in [6, 6.07) is 0.898. The van der Waals surface area contributed by atoms with Crippen LogP contribution in [-0.2, 0) is 29.1 Å². The van der Waals surface area contributed by atoms with Crippen molar-refractivity contribution < 1.29 is 42.0 Å². The molecule has 0 bridgehead atoms. The van der Waals surface area contributed by atoms with Crippen molar-refractivity contribution in [1.82, 2.24) is 19.2 Å². The van der Waals surface area contributed by atoms with E-state index in [9.17, 15) is 33.1 Å². The Labute approximate surface area is 201 Å². The number of hydrogen-bond donors (Lipinski definition) is 4. The summed E-state index contributed by atoms with van der Waals surface area (Å²) in [4.78, 5) is 46.3. The first-order valence-electron chi connectivity index (χ1n) is 9.64. The average molecular weight is 533 g/mol. The molecule has 1 amide bonds. The molecule has 3 heterocycles. The van der Waals surface area contributed by atoms with Crippen molar-refractivity contribution in [2.45, 2.75) is 38.8 Å². The third kappa shape index (κ3) is 5.39. The summed E-state index contributed by atoms with van der Waals surface area (Å²) in [5.74, 6) is -3.64. The molecule has 0 radical (unpaired) electrons. The zero-order valence-electron chi connectivity index (χ0n) is 18.3. The van der Waals surface area contributed by atoms with Crippen molar-refractivity contribution in [3.8, 4) is 5.75 Å². The predicted molar refractivity (Wildman–Crippen MR) is 117 cm³/mol. The molecule has 2 aromatic heterocycles. The maximum absolute atomic E-state index is 13.1. The lowest BCUT2D eigenvalue weighted by Crippen LogP contribution is -2.68. The predicted octanol–water partition coefficient (Wildman–Crippen LogP) is -0.363. The van der Waals surface area contributed by atoms with Crippen molar-refractivity contribution in [3.05, 3.63) is 34.0 Å². The van der Waals surface area contributed by atoms with Crippen LogP contribution in [0.2, 0.25) is 0 Å². The first kappa shape index (κ1) is 26.0. The van der Waals surface area contributed by atoms with Gasteiger partial charge in [0.2, 0.25) is 11.3 Å². The van der Waals surface area contributed by atoms with Crippen LogP contribution in [-0.4, -0.2) is 65.4 Å². The standard InChI is InChI=1S/C17H20N6O10S2/c1-7(9-5-10(24)12(26)6-22(9)28)32-20-13(14-19-16(18)34-21-14)11(25)4-8-15(27)23(17(8,2)3)33-35(29,30)31/h5-8,26,28H,4H2,1-3H3,(H2,18,19,21)(H,29,30,31)/b20-13+/t7-,8+/m0/s1. The van der Waals surface area contributed by atoms with Crippen molar-refractivity contribution in [3.63, 3.8) is 0 Å². The number of carbonyl (C=O) groups excluding carboxylic acids is 2. The maximum Gasteiger partial charge on any atom is 0.418 e. The fourth-order valence-corrected chi connectivity index (χ4v) is 4.10. The number of nitrogens with zero attached hydrogens (tertiary/aromatic N) is 5. The molecule has 2 aromatic rings. The maximum atomic E-state index is 13.1. The lowest BCUT2D eigenvalue weighted by atomic mass is 9.75. The molecule has 0 unspecified atom stereocenters. The van der Waals surface area contributed by atoms with Gasteiger partial charge in [-0.25, -0.2) is 0 Å². The van der Waals surface area contributed by atoms with Crippen LogP contribution in [0.5, 0.6) is 5.75 Å². The highest BCUT2D eigenvalue weighted by Crippen LogP contribution is 2.40. The Hall–Kier alpha value is -3.61. The molecule has 0 spiro atoms. The minimum absolute atomic E-state index is 0.00376. The fourth-order valence-electron chi connectivity index (χ4n) is 3.21. The Morgan fingerprint density at radius 1 is 1.40 bits per heavy atom. The van der Waals surface area contributed by atoms with Crippen LogP contribution in [0.25, 0.3) is 0 Å². The quantitative estimate of drug-likeness (QED) is 0.106. The van der Waals surface area contributed by atoms with E-state index in [1.165, 1.54) is 20.8 Å². The van der Waals surface area contributed by atoms with Crippen LogP contribution in [0.1, 0.15) is 44.8 Å². The molecule has 1 aliphatic rings. The second-order valence-electron chi connectivity index (χ2n) is 7.90. The van der Waals surface area contributed by atoms with E-state index in [4.69, 9.17) is 15.1 Å². The van der Waals surface area contributed by atoms with Crippen molar-refractivity contribution in [2.24, 2.45) is 11.1 Å². The number of β-lactam (4-membered cyclic amide) rings is 1. The van der Waals surface area contributed by atoms with Gasteiger partial charge in [-0.2, -0.15) is 27.6 Å². The molecule has 1 aliphatic heterocycles. The van der Waals surface area contributed by atoms with Crippen LogP contribution in [0, 0.1) is 5.92 Å². The lowest BCUT2D eigenvalue weighted by molar-refractivity contribution is -0.228. The van der Waals surface area contributed by atoms with Gasteiger partial charge in [-0.05, 0) is 20.8 Å². The number of amides is 1. The number of pyridine rings is 1. The Morgan fingerprint density at radius 2 is 2.06 bits per heavy atom. The fraction of sp³-hybridized carbons (Fsp3) is 0.412. The summed E-state index contributed by atoms with van der Waals surface area (Å²) in [6.07, 6.45) is -0.843. The lowest BCUT2D eigenvalue weighted by Gasteiger charge is -2.50. The Kier molecular flexibility index (Phi) is 6.84. The molecule has 3 rings (SSSR count). The molecule has 0 saturated carbocycles. The summed E-state index contributed by atoms with van der Waals surface area (Å²) in [5, 5.41) is 23.5. The Bertz CT molecular complexity index is 1370. The van der Waals surface area contributed by atoms with E-state index in [0.29, 0.717) is 9.79 Å². The number of aromatic hydroxyl groups is 1. The zero-order valence-corrected chi connectivity index (χ0v) is 20.0. The summed E-state index contributed by atoms with van der Waals surface area (Å²) in [5.41, 5.74) is 2.94. The molecule has 1 saturated heterocycles. The number of nitrogen functional groups attached to an aromatic ring is 1. The first-order chi connectivity index (χ1) is 16.1. The van der Waals surface area contributed by atoms with Gasteiger partial charge in [-0.15, -0.1) is 4.28 Å². The topological polar surface area (TPSA) is 237 Å². The number of hydroxylamine groups is 2. The molecule has 16 nitrogen and oxygen atoms in total. The van der Waals surface area contributed by atoms with Gasteiger partial charge in [0.1, 0.15) is 5.69 Å².